The Labute approximate surface area is 213 Å². The minimum atomic E-state index is -1.39. The highest BCUT2D eigenvalue weighted by atomic mass is 32.2. The van der Waals surface area contributed by atoms with Crippen molar-refractivity contribution in [3.05, 3.63) is 77.4 Å². The fourth-order valence-electron chi connectivity index (χ4n) is 2.97. The molecule has 0 spiro atoms. The fraction of sp³-hybridized carbons (Fsp3) is 0.357. The van der Waals surface area contributed by atoms with Crippen LogP contribution in [0.4, 0.5) is 0 Å². The molecular weight excluding hydrogens is 462 g/mol. The van der Waals surface area contributed by atoms with E-state index in [0.29, 0.717) is 10.6 Å². The number of ether oxygens (including phenoxy) is 2. The second kappa shape index (κ2) is 18.5. The van der Waals surface area contributed by atoms with Gasteiger partial charge in [-0.1, -0.05) is 39.8 Å². The molecule has 7 heteroatoms. The summed E-state index contributed by atoms with van der Waals surface area (Å²) in [5.74, 6) is 2.52. The Kier molecular flexibility index (Phi) is 16.9. The molecule has 0 bridgehead atoms. The van der Waals surface area contributed by atoms with Crippen molar-refractivity contribution in [2.45, 2.75) is 59.3 Å². The van der Waals surface area contributed by atoms with Crippen LogP contribution >= 0.6 is 0 Å². The lowest BCUT2D eigenvalue weighted by Gasteiger charge is -2.14. The predicted molar refractivity (Wildman–Crippen MR) is 146 cm³/mol. The number of aliphatic hydroxyl groups excluding tert-OH is 1. The molecule has 0 aliphatic carbocycles. The van der Waals surface area contributed by atoms with Crippen LogP contribution in [0, 0.1) is 13.8 Å². The average Bonchev–Trinajstić information content (AvgIpc) is 2.89. The molecule has 0 aliphatic heterocycles. The van der Waals surface area contributed by atoms with E-state index in [1.165, 1.54) is 5.56 Å². The molecule has 1 unspecified atom stereocenters. The molecule has 3 rings (SSSR count). The second-order valence-corrected chi connectivity index (χ2v) is 8.02. The molecule has 3 aromatic rings. The zero-order chi connectivity index (χ0) is 26.8. The zero-order valence-corrected chi connectivity index (χ0v) is 22.8. The predicted octanol–water partition coefficient (Wildman–Crippen LogP) is 6.46. The van der Waals surface area contributed by atoms with Gasteiger partial charge in [0, 0.05) is 6.61 Å². The van der Waals surface area contributed by atoms with Crippen molar-refractivity contribution >= 4 is 11.0 Å². The summed E-state index contributed by atoms with van der Waals surface area (Å²) in [6, 6.07) is 17.7. The van der Waals surface area contributed by atoms with Gasteiger partial charge in [-0.05, 0) is 91.9 Å². The van der Waals surface area contributed by atoms with Crippen LogP contribution in [0.15, 0.2) is 65.6 Å². The van der Waals surface area contributed by atoms with Crippen LogP contribution in [0.5, 0.6) is 23.0 Å². The van der Waals surface area contributed by atoms with Crippen molar-refractivity contribution < 1.29 is 23.9 Å². The van der Waals surface area contributed by atoms with E-state index in [0.717, 1.165) is 35.5 Å². The molecule has 35 heavy (non-hydrogen) atoms. The maximum Gasteiger partial charge on any atom is 0.133 e. The average molecular weight is 504 g/mol. The van der Waals surface area contributed by atoms with Gasteiger partial charge in [0.1, 0.15) is 34.0 Å². The Bertz CT molecular complexity index is 966. The number of aromatic hydroxyl groups is 1. The normalized spacial score (nSPS) is 10.3. The first kappa shape index (κ1) is 32.1. The first-order valence-electron chi connectivity index (χ1n) is 11.8. The molecule has 0 saturated carbocycles. The highest BCUT2D eigenvalue weighted by Crippen LogP contribution is 2.31. The Balaban J connectivity index is 0.000000652. The van der Waals surface area contributed by atoms with E-state index in [-0.39, 0.29) is 12.4 Å². The third-order valence-corrected chi connectivity index (χ3v) is 5.23. The van der Waals surface area contributed by atoms with Gasteiger partial charge in [0.2, 0.25) is 0 Å². The lowest BCUT2D eigenvalue weighted by Crippen LogP contribution is -2.01. The van der Waals surface area contributed by atoms with Crippen LogP contribution < -0.4 is 14.6 Å². The van der Waals surface area contributed by atoms with Crippen molar-refractivity contribution in [3.63, 3.8) is 0 Å². The number of rotatable bonds is 7. The van der Waals surface area contributed by atoms with E-state index < -0.39 is 11.0 Å². The summed E-state index contributed by atoms with van der Waals surface area (Å²) in [7, 11) is 0.183. The largest absolute Gasteiger partial charge is 0.508 e. The lowest BCUT2D eigenvalue weighted by atomic mass is 10.0. The van der Waals surface area contributed by atoms with E-state index in [1.54, 1.807) is 55.6 Å². The summed E-state index contributed by atoms with van der Waals surface area (Å²) in [5, 5.41) is 23.3. The van der Waals surface area contributed by atoms with E-state index in [9.17, 15) is 9.32 Å². The number of methoxy groups -OCH3 is 1. The smallest absolute Gasteiger partial charge is 0.133 e. The van der Waals surface area contributed by atoms with Gasteiger partial charge in [-0.15, -0.1) is 0 Å². The van der Waals surface area contributed by atoms with E-state index in [4.69, 9.17) is 19.7 Å². The van der Waals surface area contributed by atoms with Crippen LogP contribution in [0.3, 0.4) is 0 Å². The van der Waals surface area contributed by atoms with Gasteiger partial charge in [0.05, 0.1) is 12.0 Å². The minimum Gasteiger partial charge on any atom is -0.508 e. The summed E-state index contributed by atoms with van der Waals surface area (Å²) in [5.41, 5.74) is 3.36. The molecule has 194 valence electrons. The summed E-state index contributed by atoms with van der Waals surface area (Å²) < 4.78 is 21.5. The van der Waals surface area contributed by atoms with Gasteiger partial charge in [-0.3, -0.25) is 0 Å². The van der Waals surface area contributed by atoms with Crippen molar-refractivity contribution in [1.82, 2.24) is 0 Å². The maximum absolute atomic E-state index is 10.7. The number of phenolic OH excluding ortho intramolecular Hbond substituents is 1. The zero-order valence-electron chi connectivity index (χ0n) is 22.0. The summed E-state index contributed by atoms with van der Waals surface area (Å²) in [6.45, 7) is 12.3. The van der Waals surface area contributed by atoms with Crippen LogP contribution in [-0.4, -0.2) is 28.1 Å². The van der Waals surface area contributed by atoms with Crippen molar-refractivity contribution in [3.8, 4) is 23.0 Å². The summed E-state index contributed by atoms with van der Waals surface area (Å²) >= 11 is 0. The second-order valence-electron chi connectivity index (χ2n) is 6.95. The monoisotopic (exact) mass is 503 g/mol. The molecule has 0 fully saturated rings. The standard InChI is InChI=1S/C17H20O3.C7H9NO2S.2C2H6/c1-12-10-14(4-3-9-18)11-13(2)17(12)20-16-7-5-15(19)6-8-16;1-10-6-2-4-7(5-3-6)11(8)9;2*1-2/h5-8,10-11,18-19H,3-4,9H2,1-2H3;2-5H,8H2,1H3;2*1-2H3. The van der Waals surface area contributed by atoms with Crippen LogP contribution in [0.1, 0.15) is 50.8 Å². The van der Waals surface area contributed by atoms with Crippen LogP contribution in [-0.2, 0) is 17.4 Å². The lowest BCUT2D eigenvalue weighted by molar-refractivity contribution is 0.288. The highest BCUT2D eigenvalue weighted by molar-refractivity contribution is 7.82. The number of hydrogen-bond donors (Lipinski definition) is 3. The molecule has 0 radical (unpaired) electrons. The third kappa shape index (κ3) is 11.9. The van der Waals surface area contributed by atoms with Gasteiger partial charge in [0.25, 0.3) is 0 Å². The van der Waals surface area contributed by atoms with Crippen molar-refractivity contribution in [2.75, 3.05) is 13.7 Å². The molecule has 0 amide bonds. The van der Waals surface area contributed by atoms with E-state index in [2.05, 4.69) is 12.1 Å². The van der Waals surface area contributed by atoms with Crippen molar-refractivity contribution in [1.29, 1.82) is 0 Å². The Morgan fingerprint density at radius 2 is 1.34 bits per heavy atom. The molecule has 4 N–H and O–H groups in total. The molecule has 0 aliphatic rings. The third-order valence-electron chi connectivity index (χ3n) is 4.49. The maximum atomic E-state index is 10.7. The molecule has 0 heterocycles. The number of aliphatic hydroxyl groups is 1. The molecule has 1 atom stereocenters. The van der Waals surface area contributed by atoms with Crippen molar-refractivity contribution in [2.24, 2.45) is 5.14 Å². The van der Waals surface area contributed by atoms with Gasteiger partial charge < -0.3 is 19.7 Å². The first-order valence-corrected chi connectivity index (χ1v) is 13.0. The molecular formula is C28H41NO5S. The number of aryl methyl sites for hydroxylation is 3. The Morgan fingerprint density at radius 3 is 1.77 bits per heavy atom. The fourth-order valence-corrected chi connectivity index (χ4v) is 3.37. The minimum absolute atomic E-state index is 0.212. The Hall–Kier alpha value is -2.87. The van der Waals surface area contributed by atoms with Gasteiger partial charge in [-0.2, -0.15) is 0 Å². The van der Waals surface area contributed by atoms with Gasteiger partial charge >= 0.3 is 0 Å². The molecule has 0 aromatic heterocycles. The number of benzene rings is 3. The van der Waals surface area contributed by atoms with Crippen LogP contribution in [0.25, 0.3) is 0 Å². The molecule has 0 saturated heterocycles. The van der Waals surface area contributed by atoms with E-state index in [1.807, 2.05) is 41.5 Å². The van der Waals surface area contributed by atoms with E-state index >= 15 is 0 Å². The topological polar surface area (TPSA) is 102 Å². The number of phenols is 1. The Morgan fingerprint density at radius 1 is 0.857 bits per heavy atom. The van der Waals surface area contributed by atoms with Gasteiger partial charge in [-0.25, -0.2) is 9.35 Å². The quantitative estimate of drug-likeness (QED) is 0.344. The SMILES string of the molecule is CC.CC.COc1ccc(S(N)=O)cc1.Cc1cc(CCCO)cc(C)c1Oc1ccc(O)cc1. The summed E-state index contributed by atoms with van der Waals surface area (Å²) in [4.78, 5) is 0.603. The molecule has 6 nitrogen and oxygen atoms in total. The molecule has 3 aromatic carbocycles. The number of nitrogens with two attached hydrogens (primary N) is 1. The summed E-state index contributed by atoms with van der Waals surface area (Å²) in [6.07, 6.45) is 1.65. The van der Waals surface area contributed by atoms with Crippen LogP contribution in [0.2, 0.25) is 0 Å². The first-order chi connectivity index (χ1) is 16.8. The van der Waals surface area contributed by atoms with Gasteiger partial charge in [0.15, 0.2) is 0 Å². The highest BCUT2D eigenvalue weighted by Gasteiger charge is 2.08. The number of hydrogen-bond acceptors (Lipinski definition) is 5.